The summed E-state index contributed by atoms with van der Waals surface area (Å²) in [6.45, 7) is 8.09. The summed E-state index contributed by atoms with van der Waals surface area (Å²) in [6, 6.07) is 12.2. The predicted octanol–water partition coefficient (Wildman–Crippen LogP) is 5.55. The number of para-hydroxylation sites is 1. The molecule has 2 saturated heterocycles. The quantitative estimate of drug-likeness (QED) is 0.220. The first-order chi connectivity index (χ1) is 21.8. The van der Waals surface area contributed by atoms with Crippen molar-refractivity contribution < 1.29 is 9.53 Å². The minimum absolute atomic E-state index is 0.0297. The maximum absolute atomic E-state index is 12.2. The van der Waals surface area contributed by atoms with Gasteiger partial charge in [-0.3, -0.25) is 14.4 Å². The molecule has 0 atom stereocenters. The molecule has 4 aromatic rings. The first-order valence-electron chi connectivity index (χ1n) is 15.3. The second-order valence-corrected chi connectivity index (χ2v) is 12.6. The highest BCUT2D eigenvalue weighted by Gasteiger charge is 2.28. The minimum Gasteiger partial charge on any atom is -0.494 e. The maximum atomic E-state index is 12.2. The SMILES string of the molecule is COc1cc(N2CCC(N3CCN(C)CC3)CC2)c(-c2cnn(C)c2)cc1Nc1ncc(Br)c(Nc2ccccc2C(C)=O)n1. The van der Waals surface area contributed by atoms with E-state index in [1.54, 1.807) is 26.3 Å². The van der Waals surface area contributed by atoms with Crippen molar-refractivity contribution in [1.82, 2.24) is 29.5 Å². The smallest absolute Gasteiger partial charge is 0.229 e. The molecule has 11 nitrogen and oxygen atoms in total. The number of nitrogens with zero attached hydrogens (tertiary/aromatic N) is 7. The highest BCUT2D eigenvalue weighted by atomic mass is 79.9. The van der Waals surface area contributed by atoms with Gasteiger partial charge in [0, 0.05) is 93.2 Å². The van der Waals surface area contributed by atoms with Crippen molar-refractivity contribution in [3.05, 3.63) is 65.0 Å². The van der Waals surface area contributed by atoms with Gasteiger partial charge in [0.25, 0.3) is 0 Å². The molecule has 2 fully saturated rings. The first-order valence-corrected chi connectivity index (χ1v) is 16.1. The van der Waals surface area contributed by atoms with Gasteiger partial charge in [0.2, 0.25) is 5.95 Å². The number of nitrogens with one attached hydrogen (secondary N) is 2. The van der Waals surface area contributed by atoms with Crippen LogP contribution in [0.3, 0.4) is 0 Å². The van der Waals surface area contributed by atoms with E-state index in [-0.39, 0.29) is 5.78 Å². The molecule has 0 radical (unpaired) electrons. The lowest BCUT2D eigenvalue weighted by atomic mass is 9.98. The van der Waals surface area contributed by atoms with Crippen LogP contribution in [0.25, 0.3) is 11.1 Å². The third kappa shape index (κ3) is 6.98. The highest BCUT2D eigenvalue weighted by Crippen LogP contribution is 2.41. The highest BCUT2D eigenvalue weighted by molar-refractivity contribution is 9.10. The van der Waals surface area contributed by atoms with Crippen molar-refractivity contribution in [2.45, 2.75) is 25.8 Å². The number of hydrogen-bond donors (Lipinski definition) is 2. The largest absolute Gasteiger partial charge is 0.494 e. The van der Waals surface area contributed by atoms with Gasteiger partial charge in [-0.2, -0.15) is 10.1 Å². The number of anilines is 5. The van der Waals surface area contributed by atoms with E-state index < -0.39 is 0 Å². The van der Waals surface area contributed by atoms with Crippen LogP contribution in [0.15, 0.2) is 59.5 Å². The van der Waals surface area contributed by atoms with Crippen molar-refractivity contribution in [2.75, 3.05) is 69.0 Å². The fourth-order valence-corrected chi connectivity index (χ4v) is 6.50. The van der Waals surface area contributed by atoms with Crippen LogP contribution in [0.1, 0.15) is 30.1 Å². The Hall–Kier alpha value is -4.00. The van der Waals surface area contributed by atoms with Crippen LogP contribution in [-0.2, 0) is 7.05 Å². The van der Waals surface area contributed by atoms with E-state index in [9.17, 15) is 4.79 Å². The van der Waals surface area contributed by atoms with E-state index in [2.05, 4.69) is 70.5 Å². The number of aryl methyl sites for hydroxylation is 1. The fraction of sp³-hybridized carbons (Fsp3) is 0.394. The Morgan fingerprint density at radius 3 is 2.42 bits per heavy atom. The Labute approximate surface area is 272 Å². The molecule has 236 valence electrons. The number of methoxy groups -OCH3 is 1. The lowest BCUT2D eigenvalue weighted by Crippen LogP contribution is -2.52. The average Bonchev–Trinajstić information content (AvgIpc) is 3.49. The molecule has 12 heteroatoms. The molecule has 0 unspecified atom stereocenters. The minimum atomic E-state index is -0.0297. The van der Waals surface area contributed by atoms with E-state index in [0.29, 0.717) is 39.3 Å². The molecule has 4 heterocycles. The first kappa shape index (κ1) is 31.0. The number of hydrogen-bond acceptors (Lipinski definition) is 10. The fourth-order valence-electron chi connectivity index (χ4n) is 6.21. The second-order valence-electron chi connectivity index (χ2n) is 11.8. The summed E-state index contributed by atoms with van der Waals surface area (Å²) in [5.41, 5.74) is 5.22. The number of halogens is 1. The van der Waals surface area contributed by atoms with E-state index in [4.69, 9.17) is 9.72 Å². The summed E-state index contributed by atoms with van der Waals surface area (Å²) >= 11 is 3.55. The number of Topliss-reactive ketones (excluding diaryl/α,β-unsaturated/α-hetero) is 1. The van der Waals surface area contributed by atoms with Crippen molar-refractivity contribution in [3.63, 3.8) is 0 Å². The molecule has 0 amide bonds. The van der Waals surface area contributed by atoms with Crippen LogP contribution in [-0.4, -0.2) is 94.8 Å². The number of carbonyl (C=O) groups excluding carboxylic acids is 1. The third-order valence-electron chi connectivity index (χ3n) is 8.74. The number of ether oxygens (including phenoxy) is 1. The zero-order valence-corrected chi connectivity index (χ0v) is 27.8. The number of piperidine rings is 1. The molecule has 2 N–H and O–H groups in total. The normalized spacial score (nSPS) is 16.5. The van der Waals surface area contributed by atoms with E-state index >= 15 is 0 Å². The van der Waals surface area contributed by atoms with Gasteiger partial charge >= 0.3 is 0 Å². The predicted molar refractivity (Wildman–Crippen MR) is 182 cm³/mol. The van der Waals surface area contributed by atoms with Crippen molar-refractivity contribution >= 4 is 50.5 Å². The standard InChI is InChI=1S/C33H40BrN9O2/c1-22(44)25-7-5-6-8-28(25)37-32-27(34)20-35-33(39-32)38-29-17-26(23-19-36-41(3)21-23)30(18-31(29)45-4)43-11-9-24(10-12-43)42-15-13-40(2)14-16-42/h5-8,17-21,24H,9-16H2,1-4H3,(H2,35,37,38,39). The number of rotatable bonds is 9. The third-order valence-corrected chi connectivity index (χ3v) is 9.32. The number of benzene rings is 2. The van der Waals surface area contributed by atoms with Crippen LogP contribution in [0.2, 0.25) is 0 Å². The van der Waals surface area contributed by atoms with Crippen LogP contribution in [0.5, 0.6) is 5.75 Å². The van der Waals surface area contributed by atoms with Crippen LogP contribution >= 0.6 is 15.9 Å². The van der Waals surface area contributed by atoms with E-state index in [1.807, 2.05) is 42.3 Å². The number of ketones is 1. The lowest BCUT2D eigenvalue weighted by Gasteiger charge is -2.43. The second kappa shape index (κ2) is 13.6. The molecule has 0 saturated carbocycles. The molecule has 2 aromatic heterocycles. The van der Waals surface area contributed by atoms with Gasteiger partial charge in [-0.25, -0.2) is 4.98 Å². The number of carbonyl (C=O) groups is 1. The summed E-state index contributed by atoms with van der Waals surface area (Å²) in [5.74, 6) is 1.59. The molecule has 6 rings (SSSR count). The summed E-state index contributed by atoms with van der Waals surface area (Å²) in [6.07, 6.45) is 7.89. The molecule has 2 aliphatic heterocycles. The van der Waals surface area contributed by atoms with Gasteiger partial charge in [-0.1, -0.05) is 12.1 Å². The molecular weight excluding hydrogens is 634 g/mol. The van der Waals surface area contributed by atoms with Crippen molar-refractivity contribution in [1.29, 1.82) is 0 Å². The molecule has 2 aromatic carbocycles. The number of likely N-dealkylation sites (N-methyl/N-ethyl adjacent to an activating group) is 1. The maximum Gasteiger partial charge on any atom is 0.229 e. The van der Waals surface area contributed by atoms with Gasteiger partial charge in [0.15, 0.2) is 5.78 Å². The average molecular weight is 675 g/mol. The molecule has 45 heavy (non-hydrogen) atoms. The number of aromatic nitrogens is 4. The summed E-state index contributed by atoms with van der Waals surface area (Å²) in [4.78, 5) is 29.0. The Morgan fingerprint density at radius 2 is 1.73 bits per heavy atom. The molecule has 0 spiro atoms. The molecule has 2 aliphatic rings. The van der Waals surface area contributed by atoms with Crippen LogP contribution < -0.4 is 20.3 Å². The van der Waals surface area contributed by atoms with Gasteiger partial charge in [-0.15, -0.1) is 0 Å². The Morgan fingerprint density at radius 1 is 0.978 bits per heavy atom. The lowest BCUT2D eigenvalue weighted by molar-refractivity contribution is 0.0982. The topological polar surface area (TPSA) is 104 Å². The summed E-state index contributed by atoms with van der Waals surface area (Å²) in [5, 5.41) is 11.1. The Balaban J connectivity index is 1.28. The Kier molecular flexibility index (Phi) is 9.34. The van der Waals surface area contributed by atoms with Gasteiger partial charge in [0.1, 0.15) is 11.6 Å². The van der Waals surface area contributed by atoms with Gasteiger partial charge in [-0.05, 0) is 60.9 Å². The Bertz CT molecular complexity index is 1660. The van der Waals surface area contributed by atoms with Crippen molar-refractivity contribution in [2.24, 2.45) is 7.05 Å². The molecule has 0 aliphatic carbocycles. The monoisotopic (exact) mass is 673 g/mol. The summed E-state index contributed by atoms with van der Waals surface area (Å²) < 4.78 is 8.42. The van der Waals surface area contributed by atoms with E-state index in [1.165, 1.54) is 0 Å². The van der Waals surface area contributed by atoms with Gasteiger partial charge in [0.05, 0.1) is 29.2 Å². The van der Waals surface area contributed by atoms with E-state index in [0.717, 1.165) is 74.6 Å². The molecular formula is C33H40BrN9O2. The summed E-state index contributed by atoms with van der Waals surface area (Å²) in [7, 11) is 5.82. The van der Waals surface area contributed by atoms with Crippen LogP contribution in [0.4, 0.5) is 28.8 Å². The van der Waals surface area contributed by atoms with Crippen molar-refractivity contribution in [3.8, 4) is 16.9 Å². The zero-order chi connectivity index (χ0) is 31.5. The van der Waals surface area contributed by atoms with Gasteiger partial charge < -0.3 is 25.2 Å². The molecule has 0 bridgehead atoms. The zero-order valence-electron chi connectivity index (χ0n) is 26.3. The van der Waals surface area contributed by atoms with Crippen LogP contribution in [0, 0.1) is 0 Å². The number of piperazine rings is 1.